The van der Waals surface area contributed by atoms with E-state index in [2.05, 4.69) is 62.4 Å². The second-order valence-corrected chi connectivity index (χ2v) is 11.2. The number of aliphatic hydroxyl groups is 2. The molecule has 2 heteroatoms. The van der Waals surface area contributed by atoms with E-state index in [1.54, 1.807) is 0 Å². The number of rotatable bonds is 22. The van der Waals surface area contributed by atoms with Crippen molar-refractivity contribution >= 4 is 0 Å². The van der Waals surface area contributed by atoms with Gasteiger partial charge in [0, 0.05) is 18.6 Å². The highest BCUT2D eigenvalue weighted by Crippen LogP contribution is 2.39. The average Bonchev–Trinajstić information content (AvgIpc) is 2.92. The lowest BCUT2D eigenvalue weighted by atomic mass is 9.69. The van der Waals surface area contributed by atoms with Gasteiger partial charge in [0.1, 0.15) is 0 Å². The quantitative estimate of drug-likeness (QED) is 0.156. The topological polar surface area (TPSA) is 40.5 Å². The maximum Gasteiger partial charge on any atom is 0.0442 e. The van der Waals surface area contributed by atoms with Crippen LogP contribution in [-0.4, -0.2) is 23.4 Å². The van der Waals surface area contributed by atoms with E-state index in [-0.39, 0.29) is 18.6 Å². The fourth-order valence-electron chi connectivity index (χ4n) is 5.80. The van der Waals surface area contributed by atoms with Crippen LogP contribution in [0, 0.1) is 0 Å². The molecule has 0 aliphatic carbocycles. The van der Waals surface area contributed by atoms with Crippen molar-refractivity contribution in [2.45, 2.75) is 135 Å². The summed E-state index contributed by atoms with van der Waals surface area (Å²) in [6.07, 6.45) is 22.2. The predicted octanol–water partition coefficient (Wildman–Crippen LogP) is 9.32. The van der Waals surface area contributed by atoms with Crippen molar-refractivity contribution in [3.63, 3.8) is 0 Å². The summed E-state index contributed by atoms with van der Waals surface area (Å²) in [5.74, 6) is 0. The SMILES string of the molecule is CCCCCCCCCc1ccc(C(CCO)(CCO)c2ccc(CCCCCCCCC)cc2)cc1. The molecular formula is C35H56O2. The summed E-state index contributed by atoms with van der Waals surface area (Å²) in [4.78, 5) is 0. The second kappa shape index (κ2) is 19.4. The highest BCUT2D eigenvalue weighted by atomic mass is 16.3. The molecule has 0 amide bonds. The molecule has 0 aliphatic heterocycles. The van der Waals surface area contributed by atoms with E-state index < -0.39 is 0 Å². The van der Waals surface area contributed by atoms with Gasteiger partial charge < -0.3 is 10.2 Å². The van der Waals surface area contributed by atoms with Crippen LogP contribution in [0.4, 0.5) is 0 Å². The number of benzene rings is 2. The predicted molar refractivity (Wildman–Crippen MR) is 160 cm³/mol. The molecular weight excluding hydrogens is 452 g/mol. The molecule has 0 unspecified atom stereocenters. The molecule has 0 bridgehead atoms. The van der Waals surface area contributed by atoms with Crippen LogP contribution in [0.15, 0.2) is 48.5 Å². The molecule has 37 heavy (non-hydrogen) atoms. The maximum absolute atomic E-state index is 10.0. The Labute approximate surface area is 228 Å². The minimum atomic E-state index is -0.348. The summed E-state index contributed by atoms with van der Waals surface area (Å²) in [5, 5.41) is 20.0. The minimum Gasteiger partial charge on any atom is -0.396 e. The van der Waals surface area contributed by atoms with Gasteiger partial charge in [-0.2, -0.15) is 0 Å². The normalized spacial score (nSPS) is 11.8. The summed E-state index contributed by atoms with van der Waals surface area (Å²) >= 11 is 0. The molecule has 0 spiro atoms. The van der Waals surface area contributed by atoms with Gasteiger partial charge in [-0.15, -0.1) is 0 Å². The molecule has 2 aromatic rings. The number of aryl methyl sites for hydroxylation is 2. The maximum atomic E-state index is 10.0. The van der Waals surface area contributed by atoms with Crippen LogP contribution < -0.4 is 0 Å². The van der Waals surface area contributed by atoms with Crippen molar-refractivity contribution in [1.82, 2.24) is 0 Å². The molecule has 208 valence electrons. The van der Waals surface area contributed by atoms with Gasteiger partial charge in [0.2, 0.25) is 0 Å². The van der Waals surface area contributed by atoms with E-state index in [1.165, 1.54) is 112 Å². The Kier molecular flexibility index (Phi) is 16.6. The molecule has 0 atom stereocenters. The van der Waals surface area contributed by atoms with Crippen molar-refractivity contribution in [3.8, 4) is 0 Å². The Morgan fingerprint density at radius 1 is 0.459 bits per heavy atom. The Hall–Kier alpha value is -1.64. The van der Waals surface area contributed by atoms with Gasteiger partial charge in [0.15, 0.2) is 0 Å². The summed E-state index contributed by atoms with van der Waals surface area (Å²) < 4.78 is 0. The van der Waals surface area contributed by atoms with Crippen LogP contribution in [-0.2, 0) is 18.3 Å². The fraction of sp³-hybridized carbons (Fsp3) is 0.657. The highest BCUT2D eigenvalue weighted by Gasteiger charge is 2.33. The van der Waals surface area contributed by atoms with Crippen molar-refractivity contribution in [3.05, 3.63) is 70.8 Å². The summed E-state index contributed by atoms with van der Waals surface area (Å²) in [6, 6.07) is 18.1. The Morgan fingerprint density at radius 2 is 0.784 bits per heavy atom. The first-order valence-corrected chi connectivity index (χ1v) is 15.6. The lowest BCUT2D eigenvalue weighted by Crippen LogP contribution is -2.30. The molecule has 0 aliphatic rings. The third kappa shape index (κ3) is 11.3. The van der Waals surface area contributed by atoms with E-state index in [9.17, 15) is 10.2 Å². The number of hydrogen-bond acceptors (Lipinski definition) is 2. The summed E-state index contributed by atoms with van der Waals surface area (Å²) in [6.45, 7) is 4.76. The molecule has 2 aromatic carbocycles. The van der Waals surface area contributed by atoms with Crippen LogP contribution in [0.25, 0.3) is 0 Å². The second-order valence-electron chi connectivity index (χ2n) is 11.2. The summed E-state index contributed by atoms with van der Waals surface area (Å²) in [5.41, 5.74) is 4.85. The average molecular weight is 509 g/mol. The highest BCUT2D eigenvalue weighted by molar-refractivity contribution is 5.41. The van der Waals surface area contributed by atoms with Crippen molar-refractivity contribution in [2.75, 3.05) is 13.2 Å². The van der Waals surface area contributed by atoms with Crippen molar-refractivity contribution < 1.29 is 10.2 Å². The fourth-order valence-corrected chi connectivity index (χ4v) is 5.80. The number of unbranched alkanes of at least 4 members (excludes halogenated alkanes) is 12. The largest absolute Gasteiger partial charge is 0.396 e. The first-order valence-electron chi connectivity index (χ1n) is 15.6. The van der Waals surface area contributed by atoms with E-state index in [0.717, 1.165) is 12.8 Å². The number of aliphatic hydroxyl groups excluding tert-OH is 2. The molecule has 2 N–H and O–H groups in total. The van der Waals surface area contributed by atoms with Gasteiger partial charge in [-0.3, -0.25) is 0 Å². The van der Waals surface area contributed by atoms with Gasteiger partial charge in [0.25, 0.3) is 0 Å². The molecule has 0 aromatic heterocycles. The van der Waals surface area contributed by atoms with Crippen LogP contribution in [0.5, 0.6) is 0 Å². The third-order valence-corrected chi connectivity index (χ3v) is 8.23. The molecule has 0 heterocycles. The smallest absolute Gasteiger partial charge is 0.0442 e. The first kappa shape index (κ1) is 31.6. The molecule has 0 radical (unpaired) electrons. The molecule has 0 saturated heterocycles. The Morgan fingerprint density at radius 3 is 1.11 bits per heavy atom. The Balaban J connectivity index is 1.98. The third-order valence-electron chi connectivity index (χ3n) is 8.23. The standard InChI is InChI=1S/C35H56O2/c1-3-5-7-9-11-13-15-17-31-19-23-33(24-20-31)35(27-29-36,28-30-37)34-25-21-32(22-26-34)18-16-14-12-10-8-6-4-2/h19-26,36-37H,3-18,27-30H2,1-2H3. The van der Waals surface area contributed by atoms with Gasteiger partial charge >= 0.3 is 0 Å². The van der Waals surface area contributed by atoms with Gasteiger partial charge in [0.05, 0.1) is 0 Å². The lowest BCUT2D eigenvalue weighted by molar-refractivity contribution is 0.210. The van der Waals surface area contributed by atoms with Gasteiger partial charge in [-0.05, 0) is 60.8 Å². The monoisotopic (exact) mass is 508 g/mol. The summed E-state index contributed by atoms with van der Waals surface area (Å²) in [7, 11) is 0. The van der Waals surface area contributed by atoms with Gasteiger partial charge in [-0.25, -0.2) is 0 Å². The zero-order valence-electron chi connectivity index (χ0n) is 24.2. The number of hydrogen-bond donors (Lipinski definition) is 2. The first-order chi connectivity index (χ1) is 18.2. The van der Waals surface area contributed by atoms with E-state index in [1.807, 2.05) is 0 Å². The van der Waals surface area contributed by atoms with Crippen LogP contribution in [0.2, 0.25) is 0 Å². The molecule has 2 rings (SSSR count). The molecule has 0 fully saturated rings. The minimum absolute atomic E-state index is 0.111. The Bertz CT molecular complexity index is 724. The van der Waals surface area contributed by atoms with Crippen molar-refractivity contribution in [1.29, 1.82) is 0 Å². The van der Waals surface area contributed by atoms with E-state index >= 15 is 0 Å². The van der Waals surface area contributed by atoms with Crippen molar-refractivity contribution in [2.24, 2.45) is 0 Å². The molecule has 2 nitrogen and oxygen atoms in total. The van der Waals surface area contributed by atoms with Crippen LogP contribution in [0.3, 0.4) is 0 Å². The van der Waals surface area contributed by atoms with E-state index in [0.29, 0.717) is 12.8 Å². The lowest BCUT2D eigenvalue weighted by Gasteiger charge is -2.35. The van der Waals surface area contributed by atoms with Gasteiger partial charge in [-0.1, -0.05) is 139 Å². The zero-order valence-corrected chi connectivity index (χ0v) is 24.2. The zero-order chi connectivity index (χ0) is 26.6. The van der Waals surface area contributed by atoms with E-state index in [4.69, 9.17) is 0 Å². The molecule has 0 saturated carbocycles. The van der Waals surface area contributed by atoms with Crippen LogP contribution >= 0.6 is 0 Å². The van der Waals surface area contributed by atoms with Crippen LogP contribution in [0.1, 0.15) is 139 Å².